The molecule has 0 spiro atoms. The molecular weight excluding hydrogens is 869 g/mol. The molecule has 0 aliphatic rings. The third-order valence-electron chi connectivity index (χ3n) is 13.1. The minimum atomic E-state index is 1.06. The molecule has 0 amide bonds. The predicted molar refractivity (Wildman–Crippen MR) is 304 cm³/mol. The lowest BCUT2D eigenvalue weighted by Gasteiger charge is -2.29. The van der Waals surface area contributed by atoms with Gasteiger partial charge in [0.05, 0.1) is 0 Å². The maximum atomic E-state index is 2.34. The van der Waals surface area contributed by atoms with E-state index < -0.39 is 0 Å². The van der Waals surface area contributed by atoms with E-state index in [2.05, 4.69) is 325 Å². The average Bonchev–Trinajstić information content (AvgIpc) is 3.47. The summed E-state index contributed by atoms with van der Waals surface area (Å²) >= 11 is 0. The molecule has 0 unspecified atom stereocenters. The Kier molecular flexibility index (Phi) is 13.4. The molecule has 342 valence electrons. The lowest BCUT2D eigenvalue weighted by atomic mass is 9.86. The van der Waals surface area contributed by atoms with E-state index >= 15 is 0 Å². The standard InChI is InChI=1S/C70H52N2/c1-9-25-53(26-10-1)67(54-27-11-2-12-28-54)69(57-33-17-5-18-34-57)59-41-45-63(46-42-59)71(61-37-21-7-22-38-61)65-49-51-66(52-50-65)72(62-39-23-8-24-40-62)64-47-43-60(44-48-64)70(58-35-19-6-20-36-58)68(55-29-13-3-14-30-55)56-31-15-4-16-32-56/h1-52H. The van der Waals surface area contributed by atoms with Gasteiger partial charge in [0.25, 0.3) is 0 Å². The molecule has 0 N–H and O–H groups in total. The largest absolute Gasteiger partial charge is 0.311 e. The zero-order valence-corrected chi connectivity index (χ0v) is 39.9. The molecule has 2 nitrogen and oxygen atoms in total. The van der Waals surface area contributed by atoms with Crippen LogP contribution in [0.4, 0.5) is 34.1 Å². The van der Waals surface area contributed by atoms with Crippen molar-refractivity contribution in [2.24, 2.45) is 0 Å². The van der Waals surface area contributed by atoms with Crippen LogP contribution in [0.15, 0.2) is 315 Å². The number of rotatable bonds is 14. The van der Waals surface area contributed by atoms with Crippen LogP contribution in [0.3, 0.4) is 0 Å². The van der Waals surface area contributed by atoms with E-state index in [0.29, 0.717) is 0 Å². The Balaban J connectivity index is 0.985. The Morgan fingerprint density at radius 3 is 0.472 bits per heavy atom. The molecule has 0 heterocycles. The highest BCUT2D eigenvalue weighted by Gasteiger charge is 2.21. The van der Waals surface area contributed by atoms with Gasteiger partial charge in [-0.2, -0.15) is 0 Å². The van der Waals surface area contributed by atoms with Crippen LogP contribution in [-0.4, -0.2) is 0 Å². The fraction of sp³-hybridized carbons (Fsp3) is 0. The third kappa shape index (κ3) is 9.71. The van der Waals surface area contributed by atoms with Gasteiger partial charge in [-0.15, -0.1) is 0 Å². The fourth-order valence-electron chi connectivity index (χ4n) is 9.80. The first-order valence-corrected chi connectivity index (χ1v) is 24.6. The Morgan fingerprint density at radius 2 is 0.278 bits per heavy atom. The summed E-state index contributed by atoms with van der Waals surface area (Å²) in [7, 11) is 0. The van der Waals surface area contributed by atoms with E-state index in [-0.39, 0.29) is 0 Å². The van der Waals surface area contributed by atoms with Gasteiger partial charge in [0.15, 0.2) is 0 Å². The fourth-order valence-corrected chi connectivity index (χ4v) is 9.80. The highest BCUT2D eigenvalue weighted by molar-refractivity contribution is 6.06. The number of hydrogen-bond acceptors (Lipinski definition) is 2. The minimum absolute atomic E-state index is 1.06. The van der Waals surface area contributed by atoms with Crippen molar-refractivity contribution in [1.82, 2.24) is 0 Å². The van der Waals surface area contributed by atoms with Crippen LogP contribution < -0.4 is 9.80 Å². The van der Waals surface area contributed by atoms with Crippen LogP contribution >= 0.6 is 0 Å². The van der Waals surface area contributed by atoms with E-state index in [1.807, 2.05) is 0 Å². The van der Waals surface area contributed by atoms with Crippen LogP contribution in [0.2, 0.25) is 0 Å². The normalized spacial score (nSPS) is 10.8. The summed E-state index contributed by atoms with van der Waals surface area (Å²) in [6.45, 7) is 0. The van der Waals surface area contributed by atoms with Crippen molar-refractivity contribution in [3.05, 3.63) is 360 Å². The lowest BCUT2D eigenvalue weighted by molar-refractivity contribution is 1.25. The molecule has 0 aliphatic carbocycles. The first-order valence-electron chi connectivity index (χ1n) is 24.6. The number of nitrogens with zero attached hydrogens (tertiary/aromatic N) is 2. The highest BCUT2D eigenvalue weighted by Crippen LogP contribution is 2.43. The SMILES string of the molecule is c1ccc(C(=C(c2ccccc2)c2ccc(N(c3ccccc3)c3ccc(N(c4ccccc4)c4ccc(C(=C(c5ccccc5)c5ccccc5)c5ccccc5)cc4)cc3)cc2)c2ccccc2)cc1. The Hall–Kier alpha value is -9.50. The van der Waals surface area contributed by atoms with Gasteiger partial charge in [0, 0.05) is 34.1 Å². The Labute approximate surface area is 424 Å². The highest BCUT2D eigenvalue weighted by atomic mass is 15.2. The maximum absolute atomic E-state index is 2.34. The van der Waals surface area contributed by atoms with E-state index in [1.54, 1.807) is 0 Å². The summed E-state index contributed by atoms with van der Waals surface area (Å²) in [5.41, 5.74) is 20.5. The molecule has 0 bridgehead atoms. The molecule has 0 fully saturated rings. The average molecular weight is 921 g/mol. The van der Waals surface area contributed by atoms with E-state index in [4.69, 9.17) is 0 Å². The molecule has 11 aromatic carbocycles. The summed E-state index contributed by atoms with van der Waals surface area (Å²) in [6, 6.07) is 113. The quantitative estimate of drug-likeness (QED) is 0.100. The third-order valence-corrected chi connectivity index (χ3v) is 13.1. The molecule has 0 atom stereocenters. The van der Waals surface area contributed by atoms with Crippen LogP contribution in [0.1, 0.15) is 44.5 Å². The van der Waals surface area contributed by atoms with Crippen molar-refractivity contribution >= 4 is 56.4 Å². The molecule has 0 aliphatic heterocycles. The van der Waals surface area contributed by atoms with E-state index in [9.17, 15) is 0 Å². The van der Waals surface area contributed by atoms with Crippen molar-refractivity contribution in [2.45, 2.75) is 0 Å². The van der Waals surface area contributed by atoms with Gasteiger partial charge >= 0.3 is 0 Å². The topological polar surface area (TPSA) is 6.48 Å². The zero-order valence-electron chi connectivity index (χ0n) is 39.9. The second-order valence-corrected chi connectivity index (χ2v) is 17.6. The molecule has 0 saturated heterocycles. The van der Waals surface area contributed by atoms with Gasteiger partial charge in [-0.1, -0.05) is 243 Å². The summed E-state index contributed by atoms with van der Waals surface area (Å²) in [5, 5.41) is 0. The summed E-state index contributed by atoms with van der Waals surface area (Å²) in [6.07, 6.45) is 0. The molecule has 72 heavy (non-hydrogen) atoms. The van der Waals surface area contributed by atoms with Gasteiger partial charge in [0.2, 0.25) is 0 Å². The number of hydrogen-bond donors (Lipinski definition) is 0. The van der Waals surface area contributed by atoms with E-state index in [0.717, 1.165) is 45.3 Å². The van der Waals surface area contributed by atoms with E-state index in [1.165, 1.54) is 55.7 Å². The van der Waals surface area contributed by atoms with Crippen LogP contribution in [0, 0.1) is 0 Å². The molecule has 0 radical (unpaired) electrons. The van der Waals surface area contributed by atoms with Crippen molar-refractivity contribution in [3.63, 3.8) is 0 Å². The number of anilines is 6. The second-order valence-electron chi connectivity index (χ2n) is 17.6. The smallest absolute Gasteiger partial charge is 0.0463 e. The summed E-state index contributed by atoms with van der Waals surface area (Å²) in [5.74, 6) is 0. The summed E-state index contributed by atoms with van der Waals surface area (Å²) < 4.78 is 0. The minimum Gasteiger partial charge on any atom is -0.311 e. The van der Waals surface area contributed by atoms with Crippen LogP contribution in [0.25, 0.3) is 22.3 Å². The molecule has 11 aromatic rings. The van der Waals surface area contributed by atoms with Crippen LogP contribution in [-0.2, 0) is 0 Å². The van der Waals surface area contributed by atoms with Gasteiger partial charge < -0.3 is 9.80 Å². The summed E-state index contributed by atoms with van der Waals surface area (Å²) in [4.78, 5) is 4.68. The maximum Gasteiger partial charge on any atom is 0.0463 e. The van der Waals surface area contributed by atoms with Gasteiger partial charge in [-0.05, 0) is 140 Å². The Morgan fingerprint density at radius 1 is 0.139 bits per heavy atom. The first-order chi connectivity index (χ1) is 35.8. The first kappa shape index (κ1) is 45.0. The molecular formula is C70H52N2. The molecule has 0 saturated carbocycles. The lowest BCUT2D eigenvalue weighted by Crippen LogP contribution is -2.12. The second kappa shape index (κ2) is 21.4. The van der Waals surface area contributed by atoms with Crippen LogP contribution in [0.5, 0.6) is 0 Å². The van der Waals surface area contributed by atoms with Crippen molar-refractivity contribution in [3.8, 4) is 0 Å². The van der Waals surface area contributed by atoms with Gasteiger partial charge in [-0.25, -0.2) is 0 Å². The zero-order chi connectivity index (χ0) is 48.3. The monoisotopic (exact) mass is 920 g/mol. The van der Waals surface area contributed by atoms with Crippen molar-refractivity contribution in [2.75, 3.05) is 9.80 Å². The van der Waals surface area contributed by atoms with Gasteiger partial charge in [-0.3, -0.25) is 0 Å². The Bertz CT molecular complexity index is 3200. The number of para-hydroxylation sites is 2. The molecule has 2 heteroatoms. The van der Waals surface area contributed by atoms with Crippen molar-refractivity contribution in [1.29, 1.82) is 0 Å². The molecule has 0 aromatic heterocycles. The molecule has 11 rings (SSSR count). The van der Waals surface area contributed by atoms with Gasteiger partial charge in [0.1, 0.15) is 0 Å². The number of benzene rings is 11. The van der Waals surface area contributed by atoms with Crippen molar-refractivity contribution < 1.29 is 0 Å². The predicted octanol–water partition coefficient (Wildman–Crippen LogP) is 18.6.